The van der Waals surface area contributed by atoms with Crippen LogP contribution in [0, 0.1) is 0 Å². The third-order valence-corrected chi connectivity index (χ3v) is 3.25. The van der Waals surface area contributed by atoms with Gasteiger partial charge in [-0.1, -0.05) is 38.3 Å². The summed E-state index contributed by atoms with van der Waals surface area (Å²) in [5.41, 5.74) is 0.575. The van der Waals surface area contributed by atoms with Gasteiger partial charge in [0.15, 0.2) is 6.10 Å². The minimum absolute atomic E-state index is 0.0638. The van der Waals surface area contributed by atoms with Gasteiger partial charge < -0.3 is 9.84 Å². The maximum atomic E-state index is 12.9. The lowest BCUT2D eigenvalue weighted by atomic mass is 10.1. The van der Waals surface area contributed by atoms with Crippen molar-refractivity contribution < 1.29 is 27.8 Å². The van der Waals surface area contributed by atoms with Gasteiger partial charge >= 0.3 is 12.1 Å². The van der Waals surface area contributed by atoms with Crippen molar-refractivity contribution in [3.63, 3.8) is 0 Å². The molecule has 0 fully saturated rings. The predicted octanol–water partition coefficient (Wildman–Crippen LogP) is 4.85. The summed E-state index contributed by atoms with van der Waals surface area (Å²) in [6.45, 7) is 1.97. The number of carbonyl (C=O) groups is 1. The maximum absolute atomic E-state index is 12.9. The number of carbonyl (C=O) groups excluding carboxylic acids is 1. The van der Waals surface area contributed by atoms with E-state index in [2.05, 4.69) is 4.74 Å². The molecule has 0 aliphatic carbocycles. The molecule has 0 amide bonds. The van der Waals surface area contributed by atoms with E-state index in [-0.39, 0.29) is 12.2 Å². The molecule has 0 aliphatic heterocycles. The van der Waals surface area contributed by atoms with Crippen molar-refractivity contribution in [2.45, 2.75) is 51.3 Å². The van der Waals surface area contributed by atoms with E-state index in [1.54, 1.807) is 0 Å². The summed E-state index contributed by atoms with van der Waals surface area (Å²) in [6.07, 6.45) is -1.72. The topological polar surface area (TPSA) is 46.5 Å². The van der Waals surface area contributed by atoms with Crippen LogP contribution in [0.4, 0.5) is 13.2 Å². The fourth-order valence-corrected chi connectivity index (χ4v) is 1.98. The number of unbranched alkanes of at least 4 members (excludes halogenated alkanes) is 3. The number of aromatic hydroxyl groups is 1. The first-order chi connectivity index (χ1) is 10.8. The lowest BCUT2D eigenvalue weighted by molar-refractivity contribution is -0.220. The third-order valence-electron chi connectivity index (χ3n) is 3.25. The zero-order valence-corrected chi connectivity index (χ0v) is 13.0. The molecule has 3 nitrogen and oxygen atoms in total. The van der Waals surface area contributed by atoms with Gasteiger partial charge in [0, 0.05) is 6.08 Å². The fraction of sp³-hybridized carbons (Fsp3) is 0.471. The van der Waals surface area contributed by atoms with Gasteiger partial charge in [-0.05, 0) is 36.6 Å². The monoisotopic (exact) mass is 330 g/mol. The Bertz CT molecular complexity index is 507. The summed E-state index contributed by atoms with van der Waals surface area (Å²) in [6, 6.07) is 5.89. The number of esters is 1. The summed E-state index contributed by atoms with van der Waals surface area (Å²) in [5, 5.41) is 9.12. The van der Waals surface area contributed by atoms with E-state index in [1.165, 1.54) is 30.3 Å². The molecule has 0 saturated carbocycles. The van der Waals surface area contributed by atoms with Crippen LogP contribution in [0.25, 0.3) is 6.08 Å². The normalized spacial score (nSPS) is 13.2. The summed E-state index contributed by atoms with van der Waals surface area (Å²) >= 11 is 0. The number of hydrogen-bond acceptors (Lipinski definition) is 3. The minimum atomic E-state index is -4.56. The van der Waals surface area contributed by atoms with Crippen LogP contribution in [0.1, 0.15) is 44.6 Å². The largest absolute Gasteiger partial charge is 0.508 e. The number of phenols is 1. The summed E-state index contributed by atoms with van der Waals surface area (Å²) < 4.78 is 43.1. The average molecular weight is 330 g/mol. The Hall–Kier alpha value is -1.98. The second-order valence-electron chi connectivity index (χ2n) is 5.24. The van der Waals surface area contributed by atoms with Gasteiger partial charge in [-0.25, -0.2) is 4.79 Å². The molecule has 23 heavy (non-hydrogen) atoms. The van der Waals surface area contributed by atoms with Gasteiger partial charge in [-0.15, -0.1) is 0 Å². The number of alkyl halides is 3. The Morgan fingerprint density at radius 2 is 1.87 bits per heavy atom. The maximum Gasteiger partial charge on any atom is 0.425 e. The molecule has 0 radical (unpaired) electrons. The van der Waals surface area contributed by atoms with E-state index >= 15 is 0 Å². The number of ether oxygens (including phenoxy) is 1. The third kappa shape index (κ3) is 7.72. The van der Waals surface area contributed by atoms with E-state index in [0.29, 0.717) is 18.4 Å². The molecule has 1 atom stereocenters. The Labute approximate surface area is 133 Å². The van der Waals surface area contributed by atoms with E-state index in [1.807, 2.05) is 6.92 Å². The molecule has 1 aromatic rings. The second-order valence-corrected chi connectivity index (χ2v) is 5.24. The van der Waals surface area contributed by atoms with Crippen molar-refractivity contribution >= 4 is 12.0 Å². The molecule has 1 N–H and O–H groups in total. The van der Waals surface area contributed by atoms with Crippen LogP contribution in [-0.2, 0) is 9.53 Å². The van der Waals surface area contributed by atoms with Crippen LogP contribution < -0.4 is 0 Å². The predicted molar refractivity (Wildman–Crippen MR) is 81.8 cm³/mol. The van der Waals surface area contributed by atoms with Crippen LogP contribution in [0.5, 0.6) is 5.75 Å². The molecule has 6 heteroatoms. The number of benzene rings is 1. The number of phenolic OH excluding ortho intramolecular Hbond substituents is 1. The van der Waals surface area contributed by atoms with Crippen molar-refractivity contribution in [1.29, 1.82) is 0 Å². The van der Waals surface area contributed by atoms with E-state index in [0.717, 1.165) is 18.9 Å². The number of rotatable bonds is 8. The van der Waals surface area contributed by atoms with Crippen molar-refractivity contribution in [1.82, 2.24) is 0 Å². The zero-order chi connectivity index (χ0) is 17.3. The first-order valence-electron chi connectivity index (χ1n) is 7.57. The number of hydrogen-bond donors (Lipinski definition) is 1. The standard InChI is InChI=1S/C17H21F3O3/c1-2-3-4-5-6-15(17(18,19)20)23-16(22)12-9-13-7-10-14(21)11-8-13/h7-12,15,21H,2-6H2,1H3/t15-/m1/s1. The van der Waals surface area contributed by atoms with E-state index in [9.17, 15) is 18.0 Å². The minimum Gasteiger partial charge on any atom is -0.508 e. The zero-order valence-electron chi connectivity index (χ0n) is 13.0. The highest BCUT2D eigenvalue weighted by atomic mass is 19.4. The van der Waals surface area contributed by atoms with Crippen LogP contribution in [0.3, 0.4) is 0 Å². The molecule has 1 aromatic carbocycles. The SMILES string of the molecule is CCCCCC[C@@H](OC(=O)C=Cc1ccc(O)cc1)C(F)(F)F. The van der Waals surface area contributed by atoms with Gasteiger partial charge in [0.25, 0.3) is 0 Å². The van der Waals surface area contributed by atoms with Gasteiger partial charge in [-0.3, -0.25) is 0 Å². The van der Waals surface area contributed by atoms with Crippen LogP contribution in [0.2, 0.25) is 0 Å². The molecular weight excluding hydrogens is 309 g/mol. The molecule has 1 rings (SSSR count). The summed E-state index contributed by atoms with van der Waals surface area (Å²) in [4.78, 5) is 11.6. The molecule has 0 saturated heterocycles. The van der Waals surface area contributed by atoms with Gasteiger partial charge in [0.2, 0.25) is 0 Å². The molecule has 0 heterocycles. The van der Waals surface area contributed by atoms with Gasteiger partial charge in [-0.2, -0.15) is 13.2 Å². The Morgan fingerprint density at radius 1 is 1.22 bits per heavy atom. The molecule has 0 bridgehead atoms. The highest BCUT2D eigenvalue weighted by Crippen LogP contribution is 2.27. The highest BCUT2D eigenvalue weighted by molar-refractivity contribution is 5.87. The van der Waals surface area contributed by atoms with Crippen LogP contribution in [0.15, 0.2) is 30.3 Å². The van der Waals surface area contributed by atoms with Crippen molar-refractivity contribution in [2.24, 2.45) is 0 Å². The second kappa shape index (κ2) is 9.22. The van der Waals surface area contributed by atoms with Crippen LogP contribution >= 0.6 is 0 Å². The number of halogens is 3. The Balaban J connectivity index is 2.56. The van der Waals surface area contributed by atoms with E-state index < -0.39 is 18.2 Å². The molecule has 128 valence electrons. The van der Waals surface area contributed by atoms with Crippen molar-refractivity contribution in [3.05, 3.63) is 35.9 Å². The fourth-order valence-electron chi connectivity index (χ4n) is 1.98. The Morgan fingerprint density at radius 3 is 2.43 bits per heavy atom. The van der Waals surface area contributed by atoms with Crippen molar-refractivity contribution in [2.75, 3.05) is 0 Å². The van der Waals surface area contributed by atoms with Crippen LogP contribution in [-0.4, -0.2) is 23.4 Å². The summed E-state index contributed by atoms with van der Waals surface area (Å²) in [7, 11) is 0. The van der Waals surface area contributed by atoms with Gasteiger partial charge in [0.1, 0.15) is 5.75 Å². The summed E-state index contributed by atoms with van der Waals surface area (Å²) in [5.74, 6) is -0.968. The first kappa shape index (κ1) is 19.1. The smallest absolute Gasteiger partial charge is 0.425 e. The molecular formula is C17H21F3O3. The van der Waals surface area contributed by atoms with E-state index in [4.69, 9.17) is 5.11 Å². The molecule has 0 unspecified atom stereocenters. The quantitative estimate of drug-likeness (QED) is 0.421. The highest BCUT2D eigenvalue weighted by Gasteiger charge is 2.41. The first-order valence-corrected chi connectivity index (χ1v) is 7.57. The molecule has 0 spiro atoms. The lowest BCUT2D eigenvalue weighted by Crippen LogP contribution is -2.33. The molecule has 0 aromatic heterocycles. The van der Waals surface area contributed by atoms with Crippen molar-refractivity contribution in [3.8, 4) is 5.75 Å². The Kier molecular flexibility index (Phi) is 7.65. The average Bonchev–Trinajstić information content (AvgIpc) is 2.48. The molecule has 0 aliphatic rings. The van der Waals surface area contributed by atoms with Gasteiger partial charge in [0.05, 0.1) is 0 Å². The lowest BCUT2D eigenvalue weighted by Gasteiger charge is -2.19.